The topological polar surface area (TPSA) is 52.7 Å². The van der Waals surface area contributed by atoms with Gasteiger partial charge in [-0.25, -0.2) is 0 Å². The number of fused-ring (bicyclic) bond motifs is 1. The average Bonchev–Trinajstić information content (AvgIpc) is 3.22. The maximum atomic E-state index is 13.3. The minimum absolute atomic E-state index is 0.100. The highest BCUT2D eigenvalue weighted by molar-refractivity contribution is 9.10. The molecule has 2 aliphatic rings. The summed E-state index contributed by atoms with van der Waals surface area (Å²) in [6.45, 7) is 2.53. The van der Waals surface area contributed by atoms with Crippen molar-refractivity contribution in [2.75, 3.05) is 31.5 Å². The molecule has 2 heterocycles. The quantitative estimate of drug-likeness (QED) is 0.788. The maximum absolute atomic E-state index is 13.3. The first-order valence-electron chi connectivity index (χ1n) is 9.78. The number of halogens is 1. The molecular formula is C22H24BrN3O2. The van der Waals surface area contributed by atoms with Crippen molar-refractivity contribution in [3.8, 4) is 0 Å². The SMILES string of the molecule is O=C(CN1CCc2ccccc2C1C(=O)N1CCCC1)Nc1cccc(Br)c1. The largest absolute Gasteiger partial charge is 0.341 e. The average molecular weight is 442 g/mol. The summed E-state index contributed by atoms with van der Waals surface area (Å²) in [5.41, 5.74) is 3.00. The van der Waals surface area contributed by atoms with Crippen LogP contribution in [0.2, 0.25) is 0 Å². The molecule has 1 N–H and O–H groups in total. The second-order valence-electron chi connectivity index (χ2n) is 7.41. The molecule has 0 aromatic heterocycles. The number of likely N-dealkylation sites (tertiary alicyclic amines) is 1. The number of benzene rings is 2. The smallest absolute Gasteiger partial charge is 0.244 e. The first-order chi connectivity index (χ1) is 13.6. The van der Waals surface area contributed by atoms with Gasteiger partial charge in [0, 0.05) is 29.8 Å². The molecule has 6 heteroatoms. The molecule has 146 valence electrons. The van der Waals surface area contributed by atoms with Gasteiger partial charge in [-0.2, -0.15) is 0 Å². The van der Waals surface area contributed by atoms with Crippen molar-refractivity contribution in [2.45, 2.75) is 25.3 Å². The Labute approximate surface area is 173 Å². The molecule has 2 aliphatic heterocycles. The zero-order chi connectivity index (χ0) is 19.5. The Morgan fingerprint density at radius 1 is 1.04 bits per heavy atom. The second-order valence-corrected chi connectivity index (χ2v) is 8.33. The van der Waals surface area contributed by atoms with Crippen molar-refractivity contribution in [1.82, 2.24) is 9.80 Å². The van der Waals surface area contributed by atoms with Gasteiger partial charge in [-0.1, -0.05) is 46.3 Å². The molecule has 1 fully saturated rings. The van der Waals surface area contributed by atoms with Gasteiger partial charge >= 0.3 is 0 Å². The van der Waals surface area contributed by atoms with Crippen molar-refractivity contribution < 1.29 is 9.59 Å². The van der Waals surface area contributed by atoms with Crippen LogP contribution in [0, 0.1) is 0 Å². The molecule has 2 amide bonds. The third-order valence-electron chi connectivity index (χ3n) is 5.49. The van der Waals surface area contributed by atoms with Crippen LogP contribution < -0.4 is 5.32 Å². The second kappa shape index (κ2) is 8.45. The Balaban J connectivity index is 1.54. The highest BCUT2D eigenvalue weighted by Crippen LogP contribution is 2.32. The summed E-state index contributed by atoms with van der Waals surface area (Å²) in [6, 6.07) is 15.3. The van der Waals surface area contributed by atoms with Gasteiger partial charge in [0.05, 0.1) is 6.54 Å². The van der Waals surface area contributed by atoms with Gasteiger partial charge in [0.25, 0.3) is 0 Å². The van der Waals surface area contributed by atoms with Crippen LogP contribution in [0.25, 0.3) is 0 Å². The Hall–Kier alpha value is -2.18. The fraction of sp³-hybridized carbons (Fsp3) is 0.364. The molecule has 0 bridgehead atoms. The summed E-state index contributed by atoms with van der Waals surface area (Å²) >= 11 is 3.42. The van der Waals surface area contributed by atoms with E-state index >= 15 is 0 Å². The van der Waals surface area contributed by atoms with Gasteiger partial charge < -0.3 is 10.2 Å². The number of anilines is 1. The molecule has 4 rings (SSSR count). The normalized spacial score (nSPS) is 19.3. The number of hydrogen-bond acceptors (Lipinski definition) is 3. The number of amides is 2. The molecule has 2 aromatic carbocycles. The van der Waals surface area contributed by atoms with Crippen LogP contribution >= 0.6 is 15.9 Å². The fourth-order valence-corrected chi connectivity index (χ4v) is 4.54. The van der Waals surface area contributed by atoms with Crippen LogP contribution in [0.3, 0.4) is 0 Å². The first-order valence-corrected chi connectivity index (χ1v) is 10.6. The van der Waals surface area contributed by atoms with Crippen LogP contribution in [0.5, 0.6) is 0 Å². The monoisotopic (exact) mass is 441 g/mol. The van der Waals surface area contributed by atoms with Crippen LogP contribution in [-0.4, -0.2) is 47.8 Å². The zero-order valence-corrected chi connectivity index (χ0v) is 17.3. The minimum atomic E-state index is -0.378. The molecule has 0 aliphatic carbocycles. The van der Waals surface area contributed by atoms with E-state index in [0.717, 1.165) is 48.1 Å². The van der Waals surface area contributed by atoms with Crippen LogP contribution in [0.15, 0.2) is 53.0 Å². The standard InChI is InChI=1S/C22H24BrN3O2/c23-17-7-5-8-18(14-17)24-20(27)15-26-13-10-16-6-1-2-9-19(16)21(26)22(28)25-11-3-4-12-25/h1-2,5-9,14,21H,3-4,10-13,15H2,(H,24,27). The molecule has 1 saturated heterocycles. The summed E-state index contributed by atoms with van der Waals surface area (Å²) in [7, 11) is 0. The summed E-state index contributed by atoms with van der Waals surface area (Å²) in [5, 5.41) is 2.95. The third-order valence-corrected chi connectivity index (χ3v) is 5.98. The van der Waals surface area contributed by atoms with Gasteiger partial charge in [0.15, 0.2) is 0 Å². The lowest BCUT2D eigenvalue weighted by molar-refractivity contribution is -0.137. The van der Waals surface area contributed by atoms with E-state index in [1.807, 2.05) is 52.3 Å². The lowest BCUT2D eigenvalue weighted by atomic mass is 9.91. The Kier molecular flexibility index (Phi) is 5.78. The molecule has 1 unspecified atom stereocenters. The molecule has 0 saturated carbocycles. The Morgan fingerprint density at radius 3 is 2.61 bits per heavy atom. The predicted octanol–water partition coefficient (Wildman–Crippen LogP) is 3.61. The van der Waals surface area contributed by atoms with Crippen molar-refractivity contribution >= 4 is 33.4 Å². The Bertz CT molecular complexity index is 880. The van der Waals surface area contributed by atoms with Gasteiger partial charge in [0.1, 0.15) is 6.04 Å². The van der Waals surface area contributed by atoms with Crippen LogP contribution in [0.4, 0.5) is 5.69 Å². The van der Waals surface area contributed by atoms with Gasteiger partial charge in [0.2, 0.25) is 11.8 Å². The molecule has 1 atom stereocenters. The van der Waals surface area contributed by atoms with E-state index < -0.39 is 0 Å². The lowest BCUT2D eigenvalue weighted by Crippen LogP contribution is -2.47. The molecule has 2 aromatic rings. The van der Waals surface area contributed by atoms with E-state index in [1.54, 1.807) is 0 Å². The van der Waals surface area contributed by atoms with Crippen molar-refractivity contribution in [3.63, 3.8) is 0 Å². The number of nitrogens with zero attached hydrogens (tertiary/aromatic N) is 2. The minimum Gasteiger partial charge on any atom is -0.341 e. The molecule has 28 heavy (non-hydrogen) atoms. The third kappa shape index (κ3) is 4.13. The molecular weight excluding hydrogens is 418 g/mol. The molecule has 0 spiro atoms. The van der Waals surface area contributed by atoms with Gasteiger partial charge in [-0.3, -0.25) is 14.5 Å². The van der Waals surface area contributed by atoms with E-state index in [2.05, 4.69) is 27.3 Å². The summed E-state index contributed by atoms with van der Waals surface area (Å²) in [5.74, 6) is 0.0246. The van der Waals surface area contributed by atoms with Crippen LogP contribution in [0.1, 0.15) is 30.0 Å². The number of rotatable bonds is 4. The van der Waals surface area contributed by atoms with Gasteiger partial charge in [-0.05, 0) is 48.6 Å². The van der Waals surface area contributed by atoms with E-state index in [-0.39, 0.29) is 24.4 Å². The van der Waals surface area contributed by atoms with Gasteiger partial charge in [-0.15, -0.1) is 0 Å². The molecule has 0 radical (unpaired) electrons. The van der Waals surface area contributed by atoms with Crippen LogP contribution in [-0.2, 0) is 16.0 Å². The zero-order valence-electron chi connectivity index (χ0n) is 15.7. The number of carbonyl (C=O) groups excluding carboxylic acids is 2. The summed E-state index contributed by atoms with van der Waals surface area (Å²) in [4.78, 5) is 30.0. The molecule has 5 nitrogen and oxygen atoms in total. The highest BCUT2D eigenvalue weighted by atomic mass is 79.9. The number of carbonyl (C=O) groups is 2. The fourth-order valence-electron chi connectivity index (χ4n) is 4.14. The first kappa shape index (κ1) is 19.2. The summed E-state index contributed by atoms with van der Waals surface area (Å²) in [6.07, 6.45) is 2.97. The lowest BCUT2D eigenvalue weighted by Gasteiger charge is -2.37. The summed E-state index contributed by atoms with van der Waals surface area (Å²) < 4.78 is 0.916. The Morgan fingerprint density at radius 2 is 1.82 bits per heavy atom. The van der Waals surface area contributed by atoms with Crippen molar-refractivity contribution in [3.05, 3.63) is 64.1 Å². The predicted molar refractivity (Wildman–Crippen MR) is 113 cm³/mol. The highest BCUT2D eigenvalue weighted by Gasteiger charge is 2.37. The van der Waals surface area contributed by atoms with E-state index in [1.165, 1.54) is 5.56 Å². The van der Waals surface area contributed by atoms with E-state index in [4.69, 9.17) is 0 Å². The van der Waals surface area contributed by atoms with Crippen molar-refractivity contribution in [2.24, 2.45) is 0 Å². The van der Waals surface area contributed by atoms with E-state index in [0.29, 0.717) is 6.54 Å². The van der Waals surface area contributed by atoms with E-state index in [9.17, 15) is 9.59 Å². The maximum Gasteiger partial charge on any atom is 0.244 e. The number of nitrogens with one attached hydrogen (secondary N) is 1. The van der Waals surface area contributed by atoms with Crippen molar-refractivity contribution in [1.29, 1.82) is 0 Å². The number of hydrogen-bond donors (Lipinski definition) is 1.